The van der Waals surface area contributed by atoms with Gasteiger partial charge in [0.1, 0.15) is 0 Å². The predicted molar refractivity (Wildman–Crippen MR) is 115 cm³/mol. The van der Waals surface area contributed by atoms with Gasteiger partial charge < -0.3 is 5.32 Å². The Balaban J connectivity index is 1.72. The van der Waals surface area contributed by atoms with E-state index in [-0.39, 0.29) is 24.4 Å². The van der Waals surface area contributed by atoms with Gasteiger partial charge in [-0.15, -0.1) is 0 Å². The number of nitrogens with zero attached hydrogens (tertiary/aromatic N) is 1. The van der Waals surface area contributed by atoms with Crippen LogP contribution in [0.5, 0.6) is 0 Å². The third-order valence-electron chi connectivity index (χ3n) is 5.45. The van der Waals surface area contributed by atoms with Gasteiger partial charge in [-0.05, 0) is 68.5 Å². The lowest BCUT2D eigenvalue weighted by molar-refractivity contribution is -0.126. The first kappa shape index (κ1) is 21.8. The summed E-state index contributed by atoms with van der Waals surface area (Å²) in [4.78, 5) is 13.1. The van der Waals surface area contributed by atoms with Crippen LogP contribution in [-0.4, -0.2) is 31.7 Å². The molecule has 2 aromatic carbocycles. The number of carbonyl (C=O) groups excluding carboxylic acids is 1. The molecule has 156 valence electrons. The van der Waals surface area contributed by atoms with Crippen molar-refractivity contribution >= 4 is 27.5 Å². The predicted octanol–water partition coefficient (Wildman–Crippen LogP) is 4.23. The number of hydrogen-bond acceptors (Lipinski definition) is 3. The van der Waals surface area contributed by atoms with E-state index in [4.69, 9.17) is 11.6 Å². The quantitative estimate of drug-likeness (QED) is 0.765. The Hall–Kier alpha value is -1.89. The largest absolute Gasteiger partial charge is 0.349 e. The van der Waals surface area contributed by atoms with E-state index < -0.39 is 10.0 Å². The van der Waals surface area contributed by atoms with Gasteiger partial charge in [-0.3, -0.25) is 4.79 Å². The Labute approximate surface area is 178 Å². The lowest BCUT2D eigenvalue weighted by atomic mass is 9.98. The van der Waals surface area contributed by atoms with E-state index in [0.29, 0.717) is 29.3 Å². The second-order valence-corrected chi connectivity index (χ2v) is 10.1. The van der Waals surface area contributed by atoms with E-state index in [9.17, 15) is 13.2 Å². The van der Waals surface area contributed by atoms with Crippen molar-refractivity contribution in [1.82, 2.24) is 9.62 Å². The Morgan fingerprint density at radius 2 is 1.86 bits per heavy atom. The summed E-state index contributed by atoms with van der Waals surface area (Å²) in [6, 6.07) is 12.6. The van der Waals surface area contributed by atoms with Crippen molar-refractivity contribution in [1.29, 1.82) is 0 Å². The molecule has 0 aliphatic carbocycles. The van der Waals surface area contributed by atoms with E-state index in [1.54, 1.807) is 25.1 Å². The molecule has 0 spiro atoms. The number of piperidine rings is 1. The van der Waals surface area contributed by atoms with Crippen molar-refractivity contribution in [2.45, 2.75) is 44.6 Å². The van der Waals surface area contributed by atoms with Crippen LogP contribution in [0.1, 0.15) is 42.5 Å². The molecular formula is C22H27ClN2O3S. The number of rotatable bonds is 5. The summed E-state index contributed by atoms with van der Waals surface area (Å²) in [6.07, 6.45) is 1.34. The van der Waals surface area contributed by atoms with Gasteiger partial charge in [-0.2, -0.15) is 4.31 Å². The van der Waals surface area contributed by atoms with Crippen LogP contribution in [0.2, 0.25) is 5.02 Å². The molecule has 0 aromatic heterocycles. The number of benzene rings is 2. The zero-order chi connectivity index (χ0) is 21.2. The molecule has 1 heterocycles. The second kappa shape index (κ2) is 8.86. The molecule has 2 atom stereocenters. The first-order chi connectivity index (χ1) is 13.7. The first-order valence-corrected chi connectivity index (χ1v) is 11.6. The van der Waals surface area contributed by atoms with Crippen molar-refractivity contribution in [3.63, 3.8) is 0 Å². The molecule has 5 nitrogen and oxygen atoms in total. The van der Waals surface area contributed by atoms with Gasteiger partial charge in [0.05, 0.1) is 16.9 Å². The number of nitrogens with one attached hydrogen (secondary N) is 1. The zero-order valence-electron chi connectivity index (χ0n) is 17.0. The molecule has 0 saturated carbocycles. The highest BCUT2D eigenvalue weighted by molar-refractivity contribution is 7.89. The zero-order valence-corrected chi connectivity index (χ0v) is 18.6. The van der Waals surface area contributed by atoms with Crippen molar-refractivity contribution in [3.05, 3.63) is 64.2 Å². The fourth-order valence-corrected chi connectivity index (χ4v) is 5.62. The third kappa shape index (κ3) is 5.00. The number of carbonyl (C=O) groups is 1. The van der Waals surface area contributed by atoms with Crippen LogP contribution in [-0.2, 0) is 14.8 Å². The van der Waals surface area contributed by atoms with Crippen LogP contribution in [0.15, 0.2) is 47.4 Å². The van der Waals surface area contributed by atoms with Crippen LogP contribution in [0, 0.1) is 19.8 Å². The maximum absolute atomic E-state index is 13.2. The first-order valence-electron chi connectivity index (χ1n) is 9.81. The van der Waals surface area contributed by atoms with Gasteiger partial charge in [0.15, 0.2) is 0 Å². The molecule has 1 fully saturated rings. The van der Waals surface area contributed by atoms with Gasteiger partial charge in [-0.1, -0.05) is 35.9 Å². The van der Waals surface area contributed by atoms with Crippen LogP contribution >= 0.6 is 11.6 Å². The number of amides is 1. The molecule has 2 aromatic rings. The normalized spacial score (nSPS) is 19.0. The molecule has 0 radical (unpaired) electrons. The summed E-state index contributed by atoms with van der Waals surface area (Å²) in [5.74, 6) is -0.480. The minimum atomic E-state index is -3.63. The summed E-state index contributed by atoms with van der Waals surface area (Å²) in [6.45, 7) is 6.23. The molecule has 1 aliphatic heterocycles. The summed E-state index contributed by atoms with van der Waals surface area (Å²) in [5.41, 5.74) is 2.58. The molecule has 1 amide bonds. The van der Waals surface area contributed by atoms with Crippen molar-refractivity contribution < 1.29 is 13.2 Å². The number of sulfonamides is 1. The van der Waals surface area contributed by atoms with E-state index >= 15 is 0 Å². The monoisotopic (exact) mass is 434 g/mol. The lowest BCUT2D eigenvalue weighted by Gasteiger charge is -2.32. The van der Waals surface area contributed by atoms with Crippen molar-refractivity contribution in [2.75, 3.05) is 13.1 Å². The lowest BCUT2D eigenvalue weighted by Crippen LogP contribution is -2.45. The summed E-state index contributed by atoms with van der Waals surface area (Å²) >= 11 is 5.92. The minimum absolute atomic E-state index is 0.117. The minimum Gasteiger partial charge on any atom is -0.349 e. The van der Waals surface area contributed by atoms with Gasteiger partial charge in [0.2, 0.25) is 15.9 Å². The molecule has 1 aliphatic rings. The Bertz CT molecular complexity index is 990. The molecule has 29 heavy (non-hydrogen) atoms. The van der Waals surface area contributed by atoms with Crippen LogP contribution in [0.4, 0.5) is 0 Å². The Kier molecular flexibility index (Phi) is 6.66. The summed E-state index contributed by atoms with van der Waals surface area (Å²) in [7, 11) is -3.63. The van der Waals surface area contributed by atoms with Crippen LogP contribution in [0.25, 0.3) is 0 Å². The Morgan fingerprint density at radius 3 is 2.55 bits per heavy atom. The maximum atomic E-state index is 13.2. The average molecular weight is 435 g/mol. The molecule has 7 heteroatoms. The van der Waals surface area contributed by atoms with E-state index in [1.165, 1.54) is 4.31 Å². The van der Waals surface area contributed by atoms with Crippen molar-refractivity contribution in [2.24, 2.45) is 5.92 Å². The number of halogens is 1. The fourth-order valence-electron chi connectivity index (χ4n) is 3.67. The highest BCUT2D eigenvalue weighted by Gasteiger charge is 2.34. The molecular weight excluding hydrogens is 408 g/mol. The number of hydrogen-bond donors (Lipinski definition) is 1. The van der Waals surface area contributed by atoms with Crippen LogP contribution in [0.3, 0.4) is 0 Å². The SMILES string of the molecule is Cc1ccc(C)c(S(=O)(=O)N2CCC[C@@H](C(=O)N[C@H](C)c3ccc(Cl)cc3)C2)c1. The maximum Gasteiger partial charge on any atom is 0.243 e. The topological polar surface area (TPSA) is 66.5 Å². The number of aryl methyl sites for hydroxylation is 2. The highest BCUT2D eigenvalue weighted by atomic mass is 35.5. The highest BCUT2D eigenvalue weighted by Crippen LogP contribution is 2.27. The molecule has 0 bridgehead atoms. The second-order valence-electron chi connectivity index (χ2n) is 7.75. The smallest absolute Gasteiger partial charge is 0.243 e. The van der Waals surface area contributed by atoms with Crippen molar-refractivity contribution in [3.8, 4) is 0 Å². The summed E-state index contributed by atoms with van der Waals surface area (Å²) in [5, 5.41) is 3.66. The summed E-state index contributed by atoms with van der Waals surface area (Å²) < 4.78 is 27.8. The van der Waals surface area contributed by atoms with Gasteiger partial charge in [0.25, 0.3) is 0 Å². The standard InChI is InChI=1S/C22H27ClN2O3S/c1-15-6-7-16(2)21(13-15)29(27,28)25-12-4-5-19(14-25)22(26)24-17(3)18-8-10-20(23)11-9-18/h6-11,13,17,19H,4-5,12,14H2,1-3H3,(H,24,26)/t17-,19-/m1/s1. The fraction of sp³-hybridized carbons (Fsp3) is 0.409. The molecule has 1 N–H and O–H groups in total. The average Bonchev–Trinajstić information content (AvgIpc) is 2.70. The molecule has 0 unspecified atom stereocenters. The van der Waals surface area contributed by atoms with Gasteiger partial charge in [-0.25, -0.2) is 8.42 Å². The van der Waals surface area contributed by atoms with Gasteiger partial charge >= 0.3 is 0 Å². The Morgan fingerprint density at radius 1 is 1.17 bits per heavy atom. The molecule has 3 rings (SSSR count). The third-order valence-corrected chi connectivity index (χ3v) is 7.70. The van der Waals surface area contributed by atoms with E-state index in [2.05, 4.69) is 5.32 Å². The molecule has 1 saturated heterocycles. The van der Waals surface area contributed by atoms with E-state index in [1.807, 2.05) is 38.1 Å². The van der Waals surface area contributed by atoms with E-state index in [0.717, 1.165) is 16.7 Å². The van der Waals surface area contributed by atoms with Gasteiger partial charge in [0, 0.05) is 18.1 Å². The van der Waals surface area contributed by atoms with Crippen LogP contribution < -0.4 is 5.32 Å².